The molecule has 0 bridgehead atoms. The number of carbonyl (C=O) groups is 1. The molecule has 0 atom stereocenters. The molecule has 2 aliphatic rings. The van der Waals surface area contributed by atoms with E-state index in [2.05, 4.69) is 30.1 Å². The number of hydrogen-bond acceptors (Lipinski definition) is 6. The number of pyridine rings is 1. The number of nitrogens with zero attached hydrogens (tertiary/aromatic N) is 4. The summed E-state index contributed by atoms with van der Waals surface area (Å²) < 4.78 is 0. The third kappa shape index (κ3) is 4.38. The molecule has 2 aromatic heterocycles. The SMILES string of the molecule is CCc1ncc(C2CC(CN3CCN(c4ccc(C(=O)NC)nc4)CC3)C2)[nH]c1=O. The Balaban J connectivity index is 1.23. The predicted octanol–water partition coefficient (Wildman–Crippen LogP) is 1.40. The first kappa shape index (κ1) is 20.5. The molecule has 1 aliphatic heterocycles. The standard InChI is InChI=1S/C22H30N6O2/c1-3-18-22(30)26-20(13-25-18)16-10-15(11-16)14-27-6-8-28(9-7-27)17-4-5-19(24-12-17)21(29)23-2/h4-5,12-13,15-16H,3,6-11,14H2,1-2H3,(H,23,29)(H,26,30). The van der Waals surface area contributed by atoms with Crippen molar-refractivity contribution in [1.82, 2.24) is 25.2 Å². The van der Waals surface area contributed by atoms with Crippen LogP contribution in [0.1, 0.15) is 47.6 Å². The molecule has 0 spiro atoms. The van der Waals surface area contributed by atoms with Crippen molar-refractivity contribution in [3.63, 3.8) is 0 Å². The van der Waals surface area contributed by atoms with E-state index in [0.717, 1.165) is 56.9 Å². The van der Waals surface area contributed by atoms with Crippen LogP contribution in [0.3, 0.4) is 0 Å². The minimum Gasteiger partial charge on any atom is -0.368 e. The fourth-order valence-corrected chi connectivity index (χ4v) is 4.43. The summed E-state index contributed by atoms with van der Waals surface area (Å²) in [7, 11) is 1.61. The van der Waals surface area contributed by atoms with Crippen LogP contribution in [0, 0.1) is 5.92 Å². The zero-order valence-electron chi connectivity index (χ0n) is 17.7. The molecule has 2 fully saturated rings. The highest BCUT2D eigenvalue weighted by Crippen LogP contribution is 2.40. The van der Waals surface area contributed by atoms with E-state index in [-0.39, 0.29) is 11.5 Å². The molecule has 1 amide bonds. The quantitative estimate of drug-likeness (QED) is 0.748. The number of anilines is 1. The molecule has 1 saturated heterocycles. The van der Waals surface area contributed by atoms with E-state index in [1.54, 1.807) is 19.3 Å². The summed E-state index contributed by atoms with van der Waals surface area (Å²) >= 11 is 0. The summed E-state index contributed by atoms with van der Waals surface area (Å²) in [4.78, 5) is 40.1. The first-order valence-electron chi connectivity index (χ1n) is 10.8. The highest BCUT2D eigenvalue weighted by Gasteiger charge is 2.33. The van der Waals surface area contributed by atoms with Crippen LogP contribution in [-0.4, -0.2) is 65.5 Å². The molecular formula is C22H30N6O2. The van der Waals surface area contributed by atoms with Gasteiger partial charge in [0.05, 0.1) is 11.9 Å². The number of amides is 1. The summed E-state index contributed by atoms with van der Waals surface area (Å²) in [5.41, 5.74) is 3.09. The number of carbonyl (C=O) groups excluding carboxylic acids is 1. The van der Waals surface area contributed by atoms with E-state index < -0.39 is 0 Å². The van der Waals surface area contributed by atoms with Crippen molar-refractivity contribution in [2.75, 3.05) is 44.7 Å². The number of aryl methyl sites for hydroxylation is 1. The Bertz CT molecular complexity index is 927. The fourth-order valence-electron chi connectivity index (χ4n) is 4.43. The smallest absolute Gasteiger partial charge is 0.269 e. The van der Waals surface area contributed by atoms with Crippen LogP contribution >= 0.6 is 0 Å². The molecule has 0 radical (unpaired) electrons. The van der Waals surface area contributed by atoms with Gasteiger partial charge in [-0.25, -0.2) is 4.98 Å². The number of aromatic nitrogens is 3. The molecule has 2 N–H and O–H groups in total. The first-order valence-corrected chi connectivity index (χ1v) is 10.8. The minimum absolute atomic E-state index is 0.0348. The number of hydrogen-bond donors (Lipinski definition) is 2. The maximum Gasteiger partial charge on any atom is 0.269 e. The van der Waals surface area contributed by atoms with Crippen LogP contribution in [0.15, 0.2) is 29.3 Å². The third-order valence-electron chi connectivity index (χ3n) is 6.35. The van der Waals surface area contributed by atoms with Crippen LogP contribution < -0.4 is 15.8 Å². The number of nitrogens with one attached hydrogen (secondary N) is 2. The Kier molecular flexibility index (Phi) is 6.13. The van der Waals surface area contributed by atoms with Crippen molar-refractivity contribution in [3.8, 4) is 0 Å². The van der Waals surface area contributed by atoms with Gasteiger partial charge in [0.25, 0.3) is 11.5 Å². The molecule has 160 valence electrons. The second kappa shape index (κ2) is 8.95. The molecule has 0 aromatic carbocycles. The maximum absolute atomic E-state index is 12.0. The topological polar surface area (TPSA) is 94.2 Å². The van der Waals surface area contributed by atoms with Crippen molar-refractivity contribution in [3.05, 3.63) is 52.0 Å². The van der Waals surface area contributed by atoms with Crippen LogP contribution in [0.25, 0.3) is 0 Å². The van der Waals surface area contributed by atoms with Crippen molar-refractivity contribution in [1.29, 1.82) is 0 Å². The van der Waals surface area contributed by atoms with Crippen molar-refractivity contribution in [2.45, 2.75) is 32.1 Å². The largest absolute Gasteiger partial charge is 0.368 e. The van der Waals surface area contributed by atoms with Crippen LogP contribution in [-0.2, 0) is 6.42 Å². The molecule has 8 heteroatoms. The average molecular weight is 411 g/mol. The normalized spacial score (nSPS) is 21.9. The monoisotopic (exact) mass is 410 g/mol. The maximum atomic E-state index is 12.0. The molecule has 4 rings (SSSR count). The molecular weight excluding hydrogens is 380 g/mol. The van der Waals surface area contributed by atoms with E-state index >= 15 is 0 Å². The van der Waals surface area contributed by atoms with Gasteiger partial charge in [-0.15, -0.1) is 0 Å². The van der Waals surface area contributed by atoms with Gasteiger partial charge < -0.3 is 15.2 Å². The second-order valence-electron chi connectivity index (χ2n) is 8.27. The second-order valence-corrected chi connectivity index (χ2v) is 8.27. The Morgan fingerprint density at radius 2 is 1.93 bits per heavy atom. The van der Waals surface area contributed by atoms with Crippen LogP contribution in [0.4, 0.5) is 5.69 Å². The highest BCUT2D eigenvalue weighted by atomic mass is 16.1. The van der Waals surface area contributed by atoms with Gasteiger partial charge in [0.15, 0.2) is 0 Å². The van der Waals surface area contributed by atoms with E-state index in [4.69, 9.17) is 0 Å². The van der Waals surface area contributed by atoms with Gasteiger partial charge in [0, 0.05) is 57.6 Å². The molecule has 2 aromatic rings. The number of rotatable bonds is 6. The van der Waals surface area contributed by atoms with E-state index in [1.807, 2.05) is 19.2 Å². The van der Waals surface area contributed by atoms with Crippen LogP contribution in [0.5, 0.6) is 0 Å². The van der Waals surface area contributed by atoms with Gasteiger partial charge in [-0.05, 0) is 37.3 Å². The lowest BCUT2D eigenvalue weighted by molar-refractivity contribution is 0.0958. The molecule has 1 aliphatic carbocycles. The Morgan fingerprint density at radius 1 is 1.17 bits per heavy atom. The van der Waals surface area contributed by atoms with Gasteiger partial charge in [-0.2, -0.15) is 0 Å². The molecule has 8 nitrogen and oxygen atoms in total. The summed E-state index contributed by atoms with van der Waals surface area (Å²) in [5, 5.41) is 2.59. The van der Waals surface area contributed by atoms with Crippen molar-refractivity contribution in [2.24, 2.45) is 5.92 Å². The van der Waals surface area contributed by atoms with Gasteiger partial charge >= 0.3 is 0 Å². The first-order chi connectivity index (χ1) is 14.6. The van der Waals surface area contributed by atoms with Crippen molar-refractivity contribution >= 4 is 11.6 Å². The fraction of sp³-hybridized carbons (Fsp3) is 0.545. The van der Waals surface area contributed by atoms with Crippen molar-refractivity contribution < 1.29 is 4.79 Å². The van der Waals surface area contributed by atoms with Gasteiger partial charge in [-0.3, -0.25) is 19.5 Å². The lowest BCUT2D eigenvalue weighted by Crippen LogP contribution is -2.49. The lowest BCUT2D eigenvalue weighted by Gasteiger charge is -2.42. The summed E-state index contributed by atoms with van der Waals surface area (Å²) in [6, 6.07) is 3.75. The number of piperazine rings is 1. The lowest BCUT2D eigenvalue weighted by atomic mass is 9.73. The van der Waals surface area contributed by atoms with E-state index in [1.165, 1.54) is 0 Å². The Labute approximate surface area is 176 Å². The Hall–Kier alpha value is -2.74. The minimum atomic E-state index is -0.161. The molecule has 0 unspecified atom stereocenters. The Morgan fingerprint density at radius 3 is 2.53 bits per heavy atom. The summed E-state index contributed by atoms with van der Waals surface area (Å²) in [6.45, 7) is 7.05. The van der Waals surface area contributed by atoms with Crippen LogP contribution in [0.2, 0.25) is 0 Å². The zero-order valence-corrected chi connectivity index (χ0v) is 17.7. The van der Waals surface area contributed by atoms with E-state index in [9.17, 15) is 9.59 Å². The van der Waals surface area contributed by atoms with E-state index in [0.29, 0.717) is 29.6 Å². The number of H-pyrrole nitrogens is 1. The average Bonchev–Trinajstić information content (AvgIpc) is 2.76. The molecule has 30 heavy (non-hydrogen) atoms. The summed E-state index contributed by atoms with van der Waals surface area (Å²) in [5.74, 6) is 0.961. The molecule has 3 heterocycles. The third-order valence-corrected chi connectivity index (χ3v) is 6.35. The highest BCUT2D eigenvalue weighted by molar-refractivity contribution is 5.92. The molecule has 1 saturated carbocycles. The van der Waals surface area contributed by atoms with Gasteiger partial charge in [0.2, 0.25) is 0 Å². The summed E-state index contributed by atoms with van der Waals surface area (Å²) in [6.07, 6.45) is 6.55. The predicted molar refractivity (Wildman–Crippen MR) is 116 cm³/mol. The zero-order chi connectivity index (χ0) is 21.1. The van der Waals surface area contributed by atoms with Gasteiger partial charge in [0.1, 0.15) is 11.4 Å². The van der Waals surface area contributed by atoms with Gasteiger partial charge in [-0.1, -0.05) is 6.92 Å². The number of aromatic amines is 1.